The van der Waals surface area contributed by atoms with Crippen molar-refractivity contribution in [2.45, 2.75) is 13.0 Å². The van der Waals surface area contributed by atoms with Gasteiger partial charge in [-0.1, -0.05) is 29.3 Å². The van der Waals surface area contributed by atoms with Crippen LogP contribution in [0.1, 0.15) is 12.0 Å². The number of rotatable bonds is 4. The van der Waals surface area contributed by atoms with E-state index < -0.39 is 0 Å². The molecule has 1 aromatic heterocycles. The van der Waals surface area contributed by atoms with Crippen LogP contribution in [0.25, 0.3) is 0 Å². The number of nitrogens with zero attached hydrogens (tertiary/aromatic N) is 1. The van der Waals surface area contributed by atoms with Gasteiger partial charge in [0.2, 0.25) is 0 Å². The van der Waals surface area contributed by atoms with Crippen LogP contribution in [0.4, 0.5) is 0 Å². The standard InChI is InChI=1S/C10H9Cl2NO/c1-2-3-6-14-7-8-4-5-9(11)13-10(8)12/h1,4-5H,3,6-7H2. The number of aromatic nitrogens is 1. The van der Waals surface area contributed by atoms with Crippen molar-refractivity contribution < 1.29 is 4.74 Å². The van der Waals surface area contributed by atoms with E-state index in [1.54, 1.807) is 12.1 Å². The fourth-order valence-electron chi connectivity index (χ4n) is 0.862. The van der Waals surface area contributed by atoms with Crippen molar-refractivity contribution in [3.63, 3.8) is 0 Å². The van der Waals surface area contributed by atoms with E-state index in [0.717, 1.165) is 5.56 Å². The zero-order valence-electron chi connectivity index (χ0n) is 7.46. The Morgan fingerprint density at radius 3 is 2.86 bits per heavy atom. The van der Waals surface area contributed by atoms with E-state index in [0.29, 0.717) is 29.9 Å². The first-order valence-electron chi connectivity index (χ1n) is 4.06. The summed E-state index contributed by atoms with van der Waals surface area (Å²) in [5, 5.41) is 0.751. The Morgan fingerprint density at radius 1 is 1.43 bits per heavy atom. The van der Waals surface area contributed by atoms with Crippen LogP contribution in [0.5, 0.6) is 0 Å². The van der Waals surface area contributed by atoms with Gasteiger partial charge in [-0.25, -0.2) is 4.98 Å². The Hall–Kier alpha value is -0.750. The molecular weight excluding hydrogens is 221 g/mol. The third-order valence-electron chi connectivity index (χ3n) is 1.54. The molecule has 4 heteroatoms. The molecule has 0 fully saturated rings. The number of hydrogen-bond acceptors (Lipinski definition) is 2. The van der Waals surface area contributed by atoms with Gasteiger partial charge < -0.3 is 4.74 Å². The lowest BCUT2D eigenvalue weighted by Gasteiger charge is -2.03. The minimum Gasteiger partial charge on any atom is -0.376 e. The molecule has 0 aromatic carbocycles. The third-order valence-corrected chi connectivity index (χ3v) is 2.08. The molecule has 1 rings (SSSR count). The van der Waals surface area contributed by atoms with Gasteiger partial charge >= 0.3 is 0 Å². The van der Waals surface area contributed by atoms with Crippen LogP contribution in [0, 0.1) is 12.3 Å². The Bertz CT molecular complexity index is 346. The Kier molecular flexibility index (Phi) is 4.75. The third kappa shape index (κ3) is 3.55. The highest BCUT2D eigenvalue weighted by atomic mass is 35.5. The molecule has 0 amide bonds. The maximum atomic E-state index is 5.83. The zero-order chi connectivity index (χ0) is 10.4. The highest BCUT2D eigenvalue weighted by molar-refractivity contribution is 6.32. The second-order valence-electron chi connectivity index (χ2n) is 2.59. The molecule has 0 saturated carbocycles. The van der Waals surface area contributed by atoms with Crippen molar-refractivity contribution in [1.29, 1.82) is 0 Å². The fourth-order valence-corrected chi connectivity index (χ4v) is 1.26. The molecule has 0 bridgehead atoms. The Labute approximate surface area is 93.2 Å². The predicted octanol–water partition coefficient (Wildman–Crippen LogP) is 2.93. The summed E-state index contributed by atoms with van der Waals surface area (Å²) in [6.07, 6.45) is 5.67. The maximum Gasteiger partial charge on any atom is 0.136 e. The molecular formula is C10H9Cl2NO. The summed E-state index contributed by atoms with van der Waals surface area (Å²) >= 11 is 11.5. The smallest absolute Gasteiger partial charge is 0.136 e. The van der Waals surface area contributed by atoms with Gasteiger partial charge in [-0.2, -0.15) is 0 Å². The summed E-state index contributed by atoms with van der Waals surface area (Å²) in [6, 6.07) is 3.46. The van der Waals surface area contributed by atoms with Gasteiger partial charge in [-0.05, 0) is 6.07 Å². The monoisotopic (exact) mass is 229 g/mol. The average Bonchev–Trinajstić information content (AvgIpc) is 2.15. The summed E-state index contributed by atoms with van der Waals surface area (Å²) in [7, 11) is 0. The highest BCUT2D eigenvalue weighted by Crippen LogP contribution is 2.17. The number of pyridine rings is 1. The lowest BCUT2D eigenvalue weighted by molar-refractivity contribution is 0.126. The van der Waals surface area contributed by atoms with E-state index in [9.17, 15) is 0 Å². The van der Waals surface area contributed by atoms with Crippen molar-refractivity contribution in [1.82, 2.24) is 4.98 Å². The second-order valence-corrected chi connectivity index (χ2v) is 3.34. The van der Waals surface area contributed by atoms with Gasteiger partial charge in [0.15, 0.2) is 0 Å². The molecule has 1 aromatic rings. The van der Waals surface area contributed by atoms with Crippen molar-refractivity contribution in [2.24, 2.45) is 0 Å². The molecule has 0 aliphatic rings. The molecule has 0 aliphatic heterocycles. The summed E-state index contributed by atoms with van der Waals surface area (Å²) in [5.74, 6) is 2.48. The molecule has 0 N–H and O–H groups in total. The van der Waals surface area contributed by atoms with Crippen molar-refractivity contribution in [3.05, 3.63) is 28.0 Å². The van der Waals surface area contributed by atoms with E-state index in [1.165, 1.54) is 0 Å². The first-order valence-corrected chi connectivity index (χ1v) is 4.81. The topological polar surface area (TPSA) is 22.1 Å². The Morgan fingerprint density at radius 2 is 2.21 bits per heavy atom. The molecule has 74 valence electrons. The van der Waals surface area contributed by atoms with E-state index in [1.807, 2.05) is 0 Å². The second kappa shape index (κ2) is 5.87. The first kappa shape index (κ1) is 11.3. The van der Waals surface area contributed by atoms with Crippen molar-refractivity contribution in [2.75, 3.05) is 6.61 Å². The first-order chi connectivity index (χ1) is 6.74. The van der Waals surface area contributed by atoms with Gasteiger partial charge in [-0.15, -0.1) is 12.3 Å². The SMILES string of the molecule is C#CCCOCc1ccc(Cl)nc1Cl. The summed E-state index contributed by atoms with van der Waals surface area (Å²) in [5.41, 5.74) is 0.813. The zero-order valence-corrected chi connectivity index (χ0v) is 8.98. The van der Waals surface area contributed by atoms with Gasteiger partial charge in [-0.3, -0.25) is 0 Å². The van der Waals surface area contributed by atoms with Gasteiger partial charge in [0.1, 0.15) is 10.3 Å². The van der Waals surface area contributed by atoms with Crippen LogP contribution in [0.15, 0.2) is 12.1 Å². The molecule has 1 heterocycles. The number of hydrogen-bond donors (Lipinski definition) is 0. The molecule has 0 unspecified atom stereocenters. The molecule has 0 atom stereocenters. The van der Waals surface area contributed by atoms with Gasteiger partial charge in [0, 0.05) is 12.0 Å². The van der Waals surface area contributed by atoms with Crippen LogP contribution in [0.2, 0.25) is 10.3 Å². The number of terminal acetylenes is 1. The Balaban J connectivity index is 2.47. The quantitative estimate of drug-likeness (QED) is 0.450. The predicted molar refractivity (Wildman–Crippen MR) is 57.4 cm³/mol. The molecule has 0 radical (unpaired) electrons. The van der Waals surface area contributed by atoms with Crippen LogP contribution in [-0.4, -0.2) is 11.6 Å². The van der Waals surface area contributed by atoms with E-state index in [2.05, 4.69) is 10.9 Å². The number of ether oxygens (including phenoxy) is 1. The minimum atomic E-state index is 0.373. The van der Waals surface area contributed by atoms with E-state index in [4.69, 9.17) is 34.4 Å². The summed E-state index contributed by atoms with van der Waals surface area (Å²) in [4.78, 5) is 3.88. The molecule has 2 nitrogen and oxygen atoms in total. The van der Waals surface area contributed by atoms with Gasteiger partial charge in [0.25, 0.3) is 0 Å². The highest BCUT2D eigenvalue weighted by Gasteiger charge is 2.02. The van der Waals surface area contributed by atoms with Crippen LogP contribution >= 0.6 is 23.2 Å². The molecule has 0 aliphatic carbocycles. The van der Waals surface area contributed by atoms with Crippen molar-refractivity contribution >= 4 is 23.2 Å². The summed E-state index contributed by atoms with van der Waals surface area (Å²) < 4.78 is 5.27. The van der Waals surface area contributed by atoms with Gasteiger partial charge in [0.05, 0.1) is 13.2 Å². The van der Waals surface area contributed by atoms with Crippen LogP contribution in [0.3, 0.4) is 0 Å². The lowest BCUT2D eigenvalue weighted by atomic mass is 10.3. The van der Waals surface area contributed by atoms with E-state index in [-0.39, 0.29) is 0 Å². The molecule has 14 heavy (non-hydrogen) atoms. The van der Waals surface area contributed by atoms with Crippen molar-refractivity contribution in [3.8, 4) is 12.3 Å². The minimum absolute atomic E-state index is 0.373. The summed E-state index contributed by atoms with van der Waals surface area (Å²) in [6.45, 7) is 0.931. The maximum absolute atomic E-state index is 5.83. The fraction of sp³-hybridized carbons (Fsp3) is 0.300. The average molecular weight is 230 g/mol. The van der Waals surface area contributed by atoms with E-state index >= 15 is 0 Å². The molecule has 0 saturated heterocycles. The number of halogens is 2. The molecule has 0 spiro atoms. The normalized spacial score (nSPS) is 9.79. The van der Waals surface area contributed by atoms with Crippen LogP contribution in [-0.2, 0) is 11.3 Å². The largest absolute Gasteiger partial charge is 0.376 e. The lowest BCUT2D eigenvalue weighted by Crippen LogP contribution is -1.96. The van der Waals surface area contributed by atoms with Crippen LogP contribution < -0.4 is 0 Å².